The number of likely N-dealkylation sites (tertiary alicyclic amines) is 1. The Bertz CT molecular complexity index is 1060. The zero-order chi connectivity index (χ0) is 22.3. The molecular formula is C26H28N4O2. The van der Waals surface area contributed by atoms with Gasteiger partial charge in [0.1, 0.15) is 0 Å². The third kappa shape index (κ3) is 5.59. The first-order valence-corrected chi connectivity index (χ1v) is 11.0. The van der Waals surface area contributed by atoms with Crippen molar-refractivity contribution in [1.29, 1.82) is 0 Å². The van der Waals surface area contributed by atoms with Crippen molar-refractivity contribution in [3.8, 4) is 11.1 Å². The average molecular weight is 429 g/mol. The molecule has 1 aliphatic rings. The van der Waals surface area contributed by atoms with E-state index in [4.69, 9.17) is 0 Å². The van der Waals surface area contributed by atoms with Gasteiger partial charge < -0.3 is 15.5 Å². The number of aromatic nitrogens is 1. The molecule has 1 fully saturated rings. The van der Waals surface area contributed by atoms with E-state index in [0.717, 1.165) is 42.6 Å². The number of hydrogen-bond donors (Lipinski definition) is 2. The minimum absolute atomic E-state index is 0.0561. The van der Waals surface area contributed by atoms with Crippen LogP contribution in [0.4, 0.5) is 0 Å². The maximum atomic E-state index is 12.6. The van der Waals surface area contributed by atoms with E-state index >= 15 is 0 Å². The number of nitrogens with one attached hydrogen (secondary N) is 2. The molecule has 3 aromatic rings. The largest absolute Gasteiger partial charge is 0.349 e. The van der Waals surface area contributed by atoms with Gasteiger partial charge in [-0.25, -0.2) is 0 Å². The van der Waals surface area contributed by atoms with Crippen LogP contribution in [-0.2, 0) is 6.54 Å². The first kappa shape index (κ1) is 21.7. The van der Waals surface area contributed by atoms with Crippen molar-refractivity contribution in [2.24, 2.45) is 0 Å². The molecule has 0 spiro atoms. The molecule has 0 saturated carbocycles. The number of rotatable bonds is 6. The molecule has 6 nitrogen and oxygen atoms in total. The summed E-state index contributed by atoms with van der Waals surface area (Å²) < 4.78 is 0. The van der Waals surface area contributed by atoms with Crippen LogP contribution in [0, 0.1) is 0 Å². The lowest BCUT2D eigenvalue weighted by Crippen LogP contribution is -2.43. The highest BCUT2D eigenvalue weighted by molar-refractivity contribution is 5.95. The van der Waals surface area contributed by atoms with Gasteiger partial charge in [-0.05, 0) is 86.1 Å². The third-order valence-electron chi connectivity index (χ3n) is 5.86. The van der Waals surface area contributed by atoms with E-state index in [2.05, 4.69) is 27.6 Å². The number of pyridine rings is 1. The Morgan fingerprint density at radius 3 is 2.31 bits per heavy atom. The Labute approximate surface area is 188 Å². The van der Waals surface area contributed by atoms with Crippen molar-refractivity contribution in [3.05, 3.63) is 89.7 Å². The molecule has 0 atom stereocenters. The monoisotopic (exact) mass is 428 g/mol. The molecule has 0 bridgehead atoms. The predicted molar refractivity (Wildman–Crippen MR) is 125 cm³/mol. The molecule has 0 radical (unpaired) electrons. The summed E-state index contributed by atoms with van der Waals surface area (Å²) in [6.45, 7) is 2.36. The van der Waals surface area contributed by atoms with Crippen LogP contribution in [0.2, 0.25) is 0 Å². The zero-order valence-electron chi connectivity index (χ0n) is 18.3. The smallest absolute Gasteiger partial charge is 0.251 e. The van der Waals surface area contributed by atoms with Crippen molar-refractivity contribution < 1.29 is 9.59 Å². The van der Waals surface area contributed by atoms with E-state index in [1.54, 1.807) is 12.4 Å². The van der Waals surface area contributed by atoms with Gasteiger partial charge >= 0.3 is 0 Å². The molecule has 1 saturated heterocycles. The van der Waals surface area contributed by atoms with Crippen molar-refractivity contribution >= 4 is 11.8 Å². The zero-order valence-corrected chi connectivity index (χ0v) is 18.3. The lowest BCUT2D eigenvalue weighted by atomic mass is 10.0. The number of nitrogens with zero attached hydrogens (tertiary/aromatic N) is 2. The molecule has 1 aromatic heterocycles. The molecule has 6 heteroatoms. The SMILES string of the molecule is CN1CCC(NC(=O)c2cccc(CNC(=O)c3ccc(-c4ccncc4)cc3)c2)CC1. The molecule has 0 unspecified atom stereocenters. The molecule has 2 heterocycles. The van der Waals surface area contributed by atoms with Gasteiger partial charge in [-0.1, -0.05) is 24.3 Å². The molecule has 164 valence electrons. The van der Waals surface area contributed by atoms with Gasteiger partial charge in [-0.2, -0.15) is 0 Å². The minimum atomic E-state index is -0.146. The quantitative estimate of drug-likeness (QED) is 0.630. The highest BCUT2D eigenvalue weighted by Crippen LogP contribution is 2.18. The summed E-state index contributed by atoms with van der Waals surface area (Å²) in [5.41, 5.74) is 4.20. The van der Waals surface area contributed by atoms with Crippen molar-refractivity contribution in [3.63, 3.8) is 0 Å². The molecule has 0 aliphatic carbocycles. The van der Waals surface area contributed by atoms with E-state index in [1.807, 2.05) is 60.7 Å². The summed E-state index contributed by atoms with van der Waals surface area (Å²) in [6, 6.07) is 19.0. The van der Waals surface area contributed by atoms with Crippen LogP contribution < -0.4 is 10.6 Å². The maximum absolute atomic E-state index is 12.6. The number of piperidine rings is 1. The second-order valence-electron chi connectivity index (χ2n) is 8.25. The van der Waals surface area contributed by atoms with E-state index in [-0.39, 0.29) is 17.9 Å². The third-order valence-corrected chi connectivity index (χ3v) is 5.86. The van der Waals surface area contributed by atoms with E-state index in [9.17, 15) is 9.59 Å². The molecule has 1 aliphatic heterocycles. The number of amides is 2. The van der Waals surface area contributed by atoms with Gasteiger partial charge in [-0.15, -0.1) is 0 Å². The van der Waals surface area contributed by atoms with Crippen LogP contribution >= 0.6 is 0 Å². The van der Waals surface area contributed by atoms with Crippen LogP contribution in [-0.4, -0.2) is 47.9 Å². The van der Waals surface area contributed by atoms with Gasteiger partial charge in [0.2, 0.25) is 0 Å². The van der Waals surface area contributed by atoms with Crippen molar-refractivity contribution in [1.82, 2.24) is 20.5 Å². The molecule has 2 amide bonds. The molecular weight excluding hydrogens is 400 g/mol. The second-order valence-corrected chi connectivity index (χ2v) is 8.25. The van der Waals surface area contributed by atoms with E-state index in [0.29, 0.717) is 17.7 Å². The van der Waals surface area contributed by atoms with Gasteiger partial charge in [0.25, 0.3) is 11.8 Å². The normalized spacial score (nSPS) is 14.7. The summed E-state index contributed by atoms with van der Waals surface area (Å²) in [6.07, 6.45) is 5.44. The van der Waals surface area contributed by atoms with Crippen molar-refractivity contribution in [2.75, 3.05) is 20.1 Å². The molecule has 2 N–H and O–H groups in total. The highest BCUT2D eigenvalue weighted by Gasteiger charge is 2.19. The fraction of sp³-hybridized carbons (Fsp3) is 0.269. The van der Waals surface area contributed by atoms with Gasteiger partial charge in [0.05, 0.1) is 0 Å². The molecule has 4 rings (SSSR count). The minimum Gasteiger partial charge on any atom is -0.349 e. The summed E-state index contributed by atoms with van der Waals surface area (Å²) in [5, 5.41) is 6.08. The Hall–Kier alpha value is -3.51. The second kappa shape index (κ2) is 10.2. The van der Waals surface area contributed by atoms with Crippen molar-refractivity contribution in [2.45, 2.75) is 25.4 Å². The lowest BCUT2D eigenvalue weighted by Gasteiger charge is -2.29. The first-order valence-electron chi connectivity index (χ1n) is 11.0. The molecule has 32 heavy (non-hydrogen) atoms. The Morgan fingerprint density at radius 1 is 0.906 bits per heavy atom. The standard InChI is InChI=1S/C26H28N4O2/c1-30-15-11-24(12-16-30)29-26(32)23-4-2-3-19(17-23)18-28-25(31)22-7-5-20(6-8-22)21-9-13-27-14-10-21/h2-10,13-14,17,24H,11-12,15-16,18H2,1H3,(H,28,31)(H,29,32). The van der Waals surface area contributed by atoms with E-state index in [1.165, 1.54) is 0 Å². The maximum Gasteiger partial charge on any atom is 0.251 e. The fourth-order valence-corrected chi connectivity index (χ4v) is 3.89. The molecule has 2 aromatic carbocycles. The number of carbonyl (C=O) groups excluding carboxylic acids is 2. The van der Waals surface area contributed by atoms with Crippen LogP contribution in [0.15, 0.2) is 73.1 Å². The van der Waals surface area contributed by atoms with Crippen LogP contribution in [0.25, 0.3) is 11.1 Å². The lowest BCUT2D eigenvalue weighted by molar-refractivity contribution is 0.0915. The number of carbonyl (C=O) groups is 2. The highest BCUT2D eigenvalue weighted by atomic mass is 16.2. The number of benzene rings is 2. The Morgan fingerprint density at radius 2 is 1.59 bits per heavy atom. The Balaban J connectivity index is 1.32. The van der Waals surface area contributed by atoms with Crippen LogP contribution in [0.3, 0.4) is 0 Å². The van der Waals surface area contributed by atoms with Gasteiger partial charge in [-0.3, -0.25) is 14.6 Å². The van der Waals surface area contributed by atoms with Gasteiger partial charge in [0.15, 0.2) is 0 Å². The summed E-state index contributed by atoms with van der Waals surface area (Å²) in [5.74, 6) is -0.202. The first-order chi connectivity index (χ1) is 15.6. The fourth-order valence-electron chi connectivity index (χ4n) is 3.89. The topological polar surface area (TPSA) is 74.3 Å². The average Bonchev–Trinajstić information content (AvgIpc) is 2.85. The Kier molecular flexibility index (Phi) is 6.92. The summed E-state index contributed by atoms with van der Waals surface area (Å²) in [4.78, 5) is 31.5. The number of hydrogen-bond acceptors (Lipinski definition) is 4. The predicted octanol–water partition coefficient (Wildman–Crippen LogP) is 3.50. The summed E-state index contributed by atoms with van der Waals surface area (Å²) in [7, 11) is 2.10. The van der Waals surface area contributed by atoms with Gasteiger partial charge in [0, 0.05) is 36.1 Å². The summed E-state index contributed by atoms with van der Waals surface area (Å²) >= 11 is 0. The van der Waals surface area contributed by atoms with Crippen LogP contribution in [0.1, 0.15) is 39.1 Å². The van der Waals surface area contributed by atoms with Crippen LogP contribution in [0.5, 0.6) is 0 Å². The van der Waals surface area contributed by atoms with E-state index < -0.39 is 0 Å².